The molecule has 1 amide bonds. The molecule has 1 fully saturated rings. The second-order valence-electron chi connectivity index (χ2n) is 5.91. The van der Waals surface area contributed by atoms with Crippen molar-refractivity contribution in [1.29, 1.82) is 0 Å². The Morgan fingerprint density at radius 1 is 1.31 bits per heavy atom. The fraction of sp³-hybridized carbons (Fsp3) is 0.278. The van der Waals surface area contributed by atoms with Crippen LogP contribution in [0.1, 0.15) is 22.9 Å². The number of aryl methyl sites for hydroxylation is 1. The number of benzene rings is 2. The lowest BCUT2D eigenvalue weighted by molar-refractivity contribution is -0.384. The Hall–Kier alpha value is -2.12. The van der Waals surface area contributed by atoms with Crippen LogP contribution in [0.3, 0.4) is 0 Å². The fourth-order valence-electron chi connectivity index (χ4n) is 2.85. The van der Waals surface area contributed by atoms with Crippen molar-refractivity contribution in [3.8, 4) is 0 Å². The average Bonchev–Trinajstić information content (AvgIpc) is 3.12. The van der Waals surface area contributed by atoms with Gasteiger partial charge in [-0.1, -0.05) is 17.7 Å². The summed E-state index contributed by atoms with van der Waals surface area (Å²) in [5.74, 6) is 0.338. The Balaban J connectivity index is 1.66. The maximum Gasteiger partial charge on any atom is 0.269 e. The number of thioether (sulfide) groups is 1. The zero-order valence-corrected chi connectivity index (χ0v) is 15.3. The molecule has 0 saturated carbocycles. The van der Waals surface area contributed by atoms with Gasteiger partial charge in [0.25, 0.3) is 5.69 Å². The average molecular weight is 395 g/mol. The molecule has 1 heterocycles. The number of amides is 1. The monoisotopic (exact) mass is 394 g/mol. The third kappa shape index (κ3) is 4.16. The third-order valence-corrected chi connectivity index (χ3v) is 5.76. The van der Waals surface area contributed by atoms with Gasteiger partial charge in [-0.05, 0) is 41.8 Å². The lowest BCUT2D eigenvalue weighted by Crippen LogP contribution is -2.30. The highest BCUT2D eigenvalue weighted by Gasteiger charge is 2.30. The molecule has 1 unspecified atom stereocenters. The van der Waals surface area contributed by atoms with Crippen LogP contribution in [0.2, 0.25) is 5.02 Å². The van der Waals surface area contributed by atoms with Gasteiger partial charge in [0.2, 0.25) is 5.91 Å². The van der Waals surface area contributed by atoms with Gasteiger partial charge in [0, 0.05) is 30.9 Å². The van der Waals surface area contributed by atoms with Crippen LogP contribution >= 0.6 is 23.4 Å². The number of carbonyl (C=O) groups excluding carboxylic acids is 1. The van der Waals surface area contributed by atoms with Gasteiger partial charge in [0.1, 0.15) is 11.2 Å². The molecule has 0 bridgehead atoms. The predicted molar refractivity (Wildman–Crippen MR) is 99.7 cm³/mol. The van der Waals surface area contributed by atoms with Crippen molar-refractivity contribution in [2.24, 2.45) is 0 Å². The quantitative estimate of drug-likeness (QED) is 0.549. The number of hydrogen-bond donors (Lipinski definition) is 0. The normalized spacial score (nSPS) is 16.7. The number of rotatable bonds is 5. The van der Waals surface area contributed by atoms with Crippen molar-refractivity contribution in [3.63, 3.8) is 0 Å². The van der Waals surface area contributed by atoms with Gasteiger partial charge >= 0.3 is 0 Å². The van der Waals surface area contributed by atoms with Crippen molar-refractivity contribution < 1.29 is 14.1 Å². The van der Waals surface area contributed by atoms with Crippen LogP contribution in [-0.4, -0.2) is 28.0 Å². The number of nitro groups is 1. The van der Waals surface area contributed by atoms with E-state index in [0.717, 1.165) is 16.9 Å². The van der Waals surface area contributed by atoms with E-state index in [-0.39, 0.29) is 22.0 Å². The van der Waals surface area contributed by atoms with Gasteiger partial charge in [-0.25, -0.2) is 4.39 Å². The molecule has 26 heavy (non-hydrogen) atoms. The Morgan fingerprint density at radius 2 is 2.04 bits per heavy atom. The van der Waals surface area contributed by atoms with E-state index in [1.807, 2.05) is 0 Å². The van der Waals surface area contributed by atoms with Crippen LogP contribution in [0.25, 0.3) is 0 Å². The molecule has 0 N–H and O–H groups in total. The van der Waals surface area contributed by atoms with Crippen molar-refractivity contribution in [2.75, 3.05) is 12.3 Å². The summed E-state index contributed by atoms with van der Waals surface area (Å²) in [5, 5.41) is 10.7. The molecule has 5 nitrogen and oxygen atoms in total. The minimum absolute atomic E-state index is 0.00111. The minimum atomic E-state index is -0.476. The van der Waals surface area contributed by atoms with E-state index in [4.69, 9.17) is 11.6 Å². The summed E-state index contributed by atoms with van der Waals surface area (Å²) in [6.07, 6.45) is 0.777. The number of nitro benzene ring substituents is 1. The summed E-state index contributed by atoms with van der Waals surface area (Å²) >= 11 is 7.41. The van der Waals surface area contributed by atoms with Crippen LogP contribution in [-0.2, 0) is 11.2 Å². The first-order chi connectivity index (χ1) is 12.5. The number of hydrogen-bond acceptors (Lipinski definition) is 4. The van der Waals surface area contributed by atoms with Gasteiger partial charge in [0.05, 0.1) is 9.95 Å². The zero-order valence-electron chi connectivity index (χ0n) is 13.7. The molecule has 1 atom stereocenters. The standard InChI is InChI=1S/C18H16ClFN2O3S/c19-15-11-12(1-7-16(15)20)2-8-17(23)21-9-10-26-18(21)13-3-5-14(6-4-13)22(24)25/h1,3-7,11,18H,2,8-10H2. The maximum absolute atomic E-state index is 13.2. The third-order valence-electron chi connectivity index (χ3n) is 4.21. The second-order valence-corrected chi connectivity index (χ2v) is 7.50. The lowest BCUT2D eigenvalue weighted by Gasteiger charge is -2.24. The van der Waals surface area contributed by atoms with E-state index < -0.39 is 10.7 Å². The minimum Gasteiger partial charge on any atom is -0.326 e. The second kappa shape index (κ2) is 8.05. The first-order valence-corrected chi connectivity index (χ1v) is 9.48. The molecule has 2 aromatic carbocycles. The number of nitrogens with zero attached hydrogens (tertiary/aromatic N) is 2. The van der Waals surface area contributed by atoms with Crippen molar-refractivity contribution >= 4 is 35.0 Å². The van der Waals surface area contributed by atoms with Crippen LogP contribution < -0.4 is 0 Å². The Kier molecular flexibility index (Phi) is 5.78. The summed E-state index contributed by atoms with van der Waals surface area (Å²) in [4.78, 5) is 24.7. The van der Waals surface area contributed by atoms with Crippen LogP contribution in [0.5, 0.6) is 0 Å². The predicted octanol–water partition coefficient (Wildman–Crippen LogP) is 4.59. The largest absolute Gasteiger partial charge is 0.326 e. The summed E-state index contributed by atoms with van der Waals surface area (Å²) in [6.45, 7) is 0.634. The SMILES string of the molecule is O=C(CCc1ccc(F)c(Cl)c1)N1CCSC1c1ccc([N+](=O)[O-])cc1. The molecule has 0 aromatic heterocycles. The molecule has 0 radical (unpaired) electrons. The first kappa shape index (κ1) is 18.7. The van der Waals surface area contributed by atoms with Crippen LogP contribution in [0, 0.1) is 15.9 Å². The molecular formula is C18H16ClFN2O3S. The van der Waals surface area contributed by atoms with Crippen LogP contribution in [0.4, 0.5) is 10.1 Å². The van der Waals surface area contributed by atoms with E-state index in [0.29, 0.717) is 19.4 Å². The molecule has 0 spiro atoms. The van der Waals surface area contributed by atoms with Gasteiger partial charge in [0.15, 0.2) is 0 Å². The number of non-ortho nitro benzene ring substituents is 1. The van der Waals surface area contributed by atoms with E-state index in [1.165, 1.54) is 24.3 Å². The van der Waals surface area contributed by atoms with E-state index in [1.54, 1.807) is 34.9 Å². The van der Waals surface area contributed by atoms with E-state index in [9.17, 15) is 19.3 Å². The Bertz CT molecular complexity index is 832. The van der Waals surface area contributed by atoms with Crippen LogP contribution in [0.15, 0.2) is 42.5 Å². The molecule has 8 heteroatoms. The molecule has 1 saturated heterocycles. The number of halogens is 2. The van der Waals surface area contributed by atoms with Gasteiger partial charge in [-0.3, -0.25) is 14.9 Å². The summed E-state index contributed by atoms with van der Waals surface area (Å²) < 4.78 is 13.2. The molecule has 1 aliphatic rings. The topological polar surface area (TPSA) is 63.5 Å². The fourth-order valence-corrected chi connectivity index (χ4v) is 4.33. The zero-order chi connectivity index (χ0) is 18.7. The first-order valence-electron chi connectivity index (χ1n) is 8.05. The van der Waals surface area contributed by atoms with Crippen molar-refractivity contribution in [2.45, 2.75) is 18.2 Å². The van der Waals surface area contributed by atoms with E-state index in [2.05, 4.69) is 0 Å². The lowest BCUT2D eigenvalue weighted by atomic mass is 10.1. The molecule has 1 aliphatic heterocycles. The molecule has 2 aromatic rings. The van der Waals surface area contributed by atoms with Crippen molar-refractivity contribution in [1.82, 2.24) is 4.90 Å². The highest BCUT2D eigenvalue weighted by molar-refractivity contribution is 7.99. The van der Waals surface area contributed by atoms with Gasteiger partial charge < -0.3 is 4.90 Å². The maximum atomic E-state index is 13.2. The molecule has 0 aliphatic carbocycles. The van der Waals surface area contributed by atoms with Crippen molar-refractivity contribution in [3.05, 3.63) is 74.5 Å². The smallest absolute Gasteiger partial charge is 0.269 e. The van der Waals surface area contributed by atoms with Gasteiger partial charge in [-0.15, -0.1) is 11.8 Å². The molecule has 3 rings (SSSR count). The van der Waals surface area contributed by atoms with E-state index >= 15 is 0 Å². The summed E-state index contributed by atoms with van der Waals surface area (Å²) in [7, 11) is 0. The summed E-state index contributed by atoms with van der Waals surface area (Å²) in [5.41, 5.74) is 1.71. The Labute approximate surface area is 159 Å². The Morgan fingerprint density at radius 3 is 2.69 bits per heavy atom. The summed E-state index contributed by atoms with van der Waals surface area (Å²) in [6, 6.07) is 10.8. The highest BCUT2D eigenvalue weighted by atomic mass is 35.5. The number of carbonyl (C=O) groups is 1. The molecule has 136 valence electrons. The highest BCUT2D eigenvalue weighted by Crippen LogP contribution is 2.38. The molecular weight excluding hydrogens is 379 g/mol. The van der Waals surface area contributed by atoms with Gasteiger partial charge in [-0.2, -0.15) is 0 Å².